The maximum atomic E-state index is 3.48. The molecule has 0 aromatic rings. The standard InChI is InChI=1S/C28H49N/c1-6-20-10-9-16-27(3)22(18-20)13-14-23-25-12-8-11-24(21(7-2)19-29-5)28(25,4)17-15-26(23)27/h7,20,22-26,29H,6,8-19H2,1-5H3/b21-7+. The average Bonchev–Trinajstić information content (AvgIpc) is 2.89. The summed E-state index contributed by atoms with van der Waals surface area (Å²) in [5, 5.41) is 3.48. The fraction of sp³-hybridized carbons (Fsp3) is 0.929. The van der Waals surface area contributed by atoms with Gasteiger partial charge in [-0.15, -0.1) is 0 Å². The monoisotopic (exact) mass is 399 g/mol. The molecular weight excluding hydrogens is 350 g/mol. The van der Waals surface area contributed by atoms with Gasteiger partial charge in [-0.3, -0.25) is 0 Å². The van der Waals surface area contributed by atoms with Crippen molar-refractivity contribution in [3.8, 4) is 0 Å². The second kappa shape index (κ2) is 8.68. The number of likely N-dealkylation sites (N-methyl/N-ethyl adjacent to an activating group) is 1. The highest BCUT2D eigenvalue weighted by Crippen LogP contribution is 2.67. The Labute approximate surface area is 181 Å². The Morgan fingerprint density at radius 1 is 0.931 bits per heavy atom. The van der Waals surface area contributed by atoms with Gasteiger partial charge in [-0.25, -0.2) is 0 Å². The third kappa shape index (κ3) is 3.66. The molecule has 0 saturated heterocycles. The first kappa shape index (κ1) is 21.9. The molecule has 0 heterocycles. The smallest absolute Gasteiger partial charge is 0.0164 e. The van der Waals surface area contributed by atoms with Gasteiger partial charge in [0.05, 0.1) is 0 Å². The summed E-state index contributed by atoms with van der Waals surface area (Å²) >= 11 is 0. The molecule has 4 saturated carbocycles. The third-order valence-electron chi connectivity index (χ3n) is 11.0. The lowest BCUT2D eigenvalue weighted by Gasteiger charge is -2.63. The van der Waals surface area contributed by atoms with E-state index in [-0.39, 0.29) is 0 Å². The van der Waals surface area contributed by atoms with Crippen LogP contribution in [0.3, 0.4) is 0 Å². The quantitative estimate of drug-likeness (QED) is 0.479. The van der Waals surface area contributed by atoms with Gasteiger partial charge in [-0.05, 0) is 112 Å². The minimum atomic E-state index is 0.554. The van der Waals surface area contributed by atoms with Gasteiger partial charge in [0.15, 0.2) is 0 Å². The highest BCUT2D eigenvalue weighted by Gasteiger charge is 2.58. The molecule has 0 radical (unpaired) electrons. The van der Waals surface area contributed by atoms with Crippen molar-refractivity contribution in [2.75, 3.05) is 13.6 Å². The SMILES string of the molecule is C/C=C(\CNC)C1CCCC2C3CCC4CC(CC)CCCC4(C)C3CCC12C. The minimum absolute atomic E-state index is 0.554. The van der Waals surface area contributed by atoms with Gasteiger partial charge in [0.1, 0.15) is 0 Å². The molecule has 0 spiro atoms. The van der Waals surface area contributed by atoms with Gasteiger partial charge < -0.3 is 5.32 Å². The van der Waals surface area contributed by atoms with E-state index in [1.54, 1.807) is 24.8 Å². The Kier molecular flexibility index (Phi) is 6.56. The van der Waals surface area contributed by atoms with Gasteiger partial charge in [0.2, 0.25) is 0 Å². The first-order valence-corrected chi connectivity index (χ1v) is 13.3. The Hall–Kier alpha value is -0.300. The van der Waals surface area contributed by atoms with E-state index in [0.717, 1.165) is 42.1 Å². The Balaban J connectivity index is 1.60. The van der Waals surface area contributed by atoms with Crippen LogP contribution in [0.15, 0.2) is 11.6 Å². The molecule has 0 aliphatic heterocycles. The molecule has 8 atom stereocenters. The van der Waals surface area contributed by atoms with Crippen molar-refractivity contribution in [1.82, 2.24) is 5.32 Å². The largest absolute Gasteiger partial charge is 0.316 e. The summed E-state index contributed by atoms with van der Waals surface area (Å²) in [4.78, 5) is 0. The molecular formula is C28H49N. The van der Waals surface area contributed by atoms with Crippen molar-refractivity contribution in [2.45, 2.75) is 105 Å². The van der Waals surface area contributed by atoms with Gasteiger partial charge in [-0.1, -0.05) is 58.1 Å². The van der Waals surface area contributed by atoms with E-state index < -0.39 is 0 Å². The zero-order valence-electron chi connectivity index (χ0n) is 20.2. The number of allylic oxidation sites excluding steroid dienone is 1. The van der Waals surface area contributed by atoms with Crippen LogP contribution in [0.4, 0.5) is 0 Å². The van der Waals surface area contributed by atoms with E-state index >= 15 is 0 Å². The van der Waals surface area contributed by atoms with Crippen molar-refractivity contribution in [2.24, 2.45) is 46.3 Å². The molecule has 1 nitrogen and oxygen atoms in total. The number of rotatable bonds is 4. The van der Waals surface area contributed by atoms with Crippen molar-refractivity contribution < 1.29 is 0 Å². The highest BCUT2D eigenvalue weighted by molar-refractivity contribution is 5.17. The fourth-order valence-corrected chi connectivity index (χ4v) is 9.41. The molecule has 1 heteroatoms. The van der Waals surface area contributed by atoms with Crippen LogP contribution in [0, 0.1) is 46.3 Å². The molecule has 0 amide bonds. The van der Waals surface area contributed by atoms with Crippen molar-refractivity contribution in [1.29, 1.82) is 0 Å². The van der Waals surface area contributed by atoms with Gasteiger partial charge in [-0.2, -0.15) is 0 Å². The summed E-state index contributed by atoms with van der Waals surface area (Å²) in [5.74, 6) is 5.88. The Bertz CT molecular complexity index is 593. The molecule has 4 rings (SSSR count). The number of fused-ring (bicyclic) bond motifs is 5. The molecule has 0 aromatic carbocycles. The molecule has 8 unspecified atom stereocenters. The Morgan fingerprint density at radius 3 is 2.45 bits per heavy atom. The molecule has 4 aliphatic carbocycles. The van der Waals surface area contributed by atoms with E-state index in [1.807, 2.05) is 0 Å². The Morgan fingerprint density at radius 2 is 1.72 bits per heavy atom. The molecule has 0 aromatic heterocycles. The van der Waals surface area contributed by atoms with Crippen LogP contribution in [0.25, 0.3) is 0 Å². The topological polar surface area (TPSA) is 12.0 Å². The summed E-state index contributed by atoms with van der Waals surface area (Å²) in [6.07, 6.45) is 20.5. The van der Waals surface area contributed by atoms with Crippen molar-refractivity contribution in [3.63, 3.8) is 0 Å². The summed E-state index contributed by atoms with van der Waals surface area (Å²) in [6.45, 7) is 11.3. The molecule has 4 fully saturated rings. The second-order valence-corrected chi connectivity index (χ2v) is 12.0. The number of nitrogens with one attached hydrogen (secondary N) is 1. The summed E-state index contributed by atoms with van der Waals surface area (Å²) in [7, 11) is 2.13. The van der Waals surface area contributed by atoms with E-state index in [0.29, 0.717) is 10.8 Å². The van der Waals surface area contributed by atoms with Crippen molar-refractivity contribution in [3.05, 3.63) is 11.6 Å². The zero-order valence-corrected chi connectivity index (χ0v) is 20.2. The van der Waals surface area contributed by atoms with Crippen LogP contribution < -0.4 is 5.32 Å². The fourth-order valence-electron chi connectivity index (χ4n) is 9.41. The van der Waals surface area contributed by atoms with Crippen LogP contribution >= 0.6 is 0 Å². The molecule has 1 N–H and O–H groups in total. The lowest BCUT2D eigenvalue weighted by molar-refractivity contribution is -0.128. The first-order chi connectivity index (χ1) is 14.0. The third-order valence-corrected chi connectivity index (χ3v) is 11.0. The van der Waals surface area contributed by atoms with Crippen molar-refractivity contribution >= 4 is 0 Å². The maximum absolute atomic E-state index is 3.48. The van der Waals surface area contributed by atoms with Crippen LogP contribution in [0.5, 0.6) is 0 Å². The minimum Gasteiger partial charge on any atom is -0.316 e. The van der Waals surface area contributed by atoms with Gasteiger partial charge in [0.25, 0.3) is 0 Å². The van der Waals surface area contributed by atoms with Gasteiger partial charge in [0, 0.05) is 6.54 Å². The first-order valence-electron chi connectivity index (χ1n) is 13.3. The van der Waals surface area contributed by atoms with E-state index in [9.17, 15) is 0 Å². The number of hydrogen-bond acceptors (Lipinski definition) is 1. The predicted molar refractivity (Wildman–Crippen MR) is 126 cm³/mol. The second-order valence-electron chi connectivity index (χ2n) is 12.0. The molecule has 0 bridgehead atoms. The van der Waals surface area contributed by atoms with E-state index in [1.165, 1.54) is 57.8 Å². The van der Waals surface area contributed by atoms with Crippen LogP contribution in [-0.4, -0.2) is 13.6 Å². The molecule has 166 valence electrons. The van der Waals surface area contributed by atoms with Crippen LogP contribution in [-0.2, 0) is 0 Å². The summed E-state index contributed by atoms with van der Waals surface area (Å²) in [5.41, 5.74) is 2.91. The molecule has 29 heavy (non-hydrogen) atoms. The zero-order chi connectivity index (χ0) is 20.6. The average molecular weight is 400 g/mol. The normalized spacial score (nSPS) is 48.2. The van der Waals surface area contributed by atoms with Gasteiger partial charge >= 0.3 is 0 Å². The number of hydrogen-bond donors (Lipinski definition) is 1. The lowest BCUT2D eigenvalue weighted by atomic mass is 9.42. The highest BCUT2D eigenvalue weighted by atomic mass is 14.8. The van der Waals surface area contributed by atoms with Crippen LogP contribution in [0.2, 0.25) is 0 Å². The summed E-state index contributed by atoms with van der Waals surface area (Å²) in [6, 6.07) is 0. The molecule has 4 aliphatic rings. The van der Waals surface area contributed by atoms with E-state index in [2.05, 4.69) is 46.1 Å². The maximum Gasteiger partial charge on any atom is 0.0164 e. The summed E-state index contributed by atoms with van der Waals surface area (Å²) < 4.78 is 0. The predicted octanol–water partition coefficient (Wildman–Crippen LogP) is 7.62. The van der Waals surface area contributed by atoms with Crippen LogP contribution in [0.1, 0.15) is 105 Å². The van der Waals surface area contributed by atoms with E-state index in [4.69, 9.17) is 0 Å². The lowest BCUT2D eigenvalue weighted by Crippen LogP contribution is -2.55.